The van der Waals surface area contributed by atoms with Crippen molar-refractivity contribution in [2.24, 2.45) is 0 Å². The summed E-state index contributed by atoms with van der Waals surface area (Å²) in [4.78, 5) is 22.2. The van der Waals surface area contributed by atoms with Crippen LogP contribution in [0, 0.1) is 12.1 Å². The highest BCUT2D eigenvalue weighted by Crippen LogP contribution is 2.42. The number of hydrogen-bond donors (Lipinski definition) is 0. The van der Waals surface area contributed by atoms with Gasteiger partial charge < -0.3 is 14.8 Å². The highest BCUT2D eigenvalue weighted by atomic mass is 79.9. The van der Waals surface area contributed by atoms with Gasteiger partial charge in [0.05, 0.1) is 25.3 Å². The summed E-state index contributed by atoms with van der Waals surface area (Å²) in [5.74, 6) is 0.992. The molecule has 1 aromatic carbocycles. The maximum atomic E-state index is 12.9. The number of aryl methyl sites for hydroxylation is 3. The summed E-state index contributed by atoms with van der Waals surface area (Å²) in [6.07, 6.45) is 6.91. The molecule has 2 aliphatic rings. The Morgan fingerprint density at radius 1 is 1.14 bits per heavy atom. The molecule has 0 saturated carbocycles. The first-order valence-corrected chi connectivity index (χ1v) is 12.7. The zero-order valence-corrected chi connectivity index (χ0v) is 21.6. The number of nitrogens with zero attached hydrogens (tertiary/aromatic N) is 4. The molecule has 0 unspecified atom stereocenters. The lowest BCUT2D eigenvalue weighted by Crippen LogP contribution is -2.50. The SMILES string of the molecule is COc1cc(C)cc2c1[C@@H](N1CCN(C(=O)Cc3cc[n+]([O-])cc3)CC1)c1ncc(Br)cc1CC2. The molecule has 7 nitrogen and oxygen atoms in total. The van der Waals surface area contributed by atoms with Crippen LogP contribution in [0.1, 0.15) is 39.6 Å². The molecular weight excluding hydrogens is 508 g/mol. The molecule has 1 aliphatic heterocycles. The standard InChI is InChI=1S/C27H29BrN4O3/c1-18-13-20-3-4-21-16-22(28)17-29-26(21)27(25(20)23(14-18)35-2)31-11-9-30(10-12-31)24(33)15-19-5-7-32(34)8-6-19/h5-8,13-14,16-17,27H,3-4,9-12,15H2,1-2H3/t27-/m1/s1. The first-order chi connectivity index (χ1) is 16.9. The van der Waals surface area contributed by atoms with Gasteiger partial charge in [0.2, 0.25) is 5.91 Å². The maximum Gasteiger partial charge on any atom is 0.227 e. The molecule has 1 aliphatic carbocycles. The number of amides is 1. The Bertz CT molecular complexity index is 1240. The van der Waals surface area contributed by atoms with Gasteiger partial charge in [-0.3, -0.25) is 14.7 Å². The number of fused-ring (bicyclic) bond motifs is 2. The molecule has 35 heavy (non-hydrogen) atoms. The number of ether oxygens (including phenoxy) is 1. The molecule has 2 aromatic heterocycles. The monoisotopic (exact) mass is 536 g/mol. The van der Waals surface area contributed by atoms with Gasteiger partial charge in [-0.25, -0.2) is 0 Å². The van der Waals surface area contributed by atoms with Crippen LogP contribution in [-0.2, 0) is 24.1 Å². The number of benzene rings is 1. The lowest BCUT2D eigenvalue weighted by atomic mass is 9.93. The number of rotatable bonds is 4. The third kappa shape index (κ3) is 4.90. The lowest BCUT2D eigenvalue weighted by molar-refractivity contribution is -0.605. The molecule has 1 fully saturated rings. The van der Waals surface area contributed by atoms with Crippen LogP contribution < -0.4 is 9.47 Å². The zero-order chi connectivity index (χ0) is 24.5. The van der Waals surface area contributed by atoms with Crippen LogP contribution in [0.25, 0.3) is 0 Å². The Balaban J connectivity index is 1.42. The molecule has 0 spiro atoms. The highest BCUT2D eigenvalue weighted by Gasteiger charge is 2.35. The van der Waals surface area contributed by atoms with E-state index in [0.29, 0.717) is 19.5 Å². The molecule has 1 amide bonds. The molecule has 1 atom stereocenters. The van der Waals surface area contributed by atoms with Crippen LogP contribution in [-0.4, -0.2) is 54.0 Å². The molecule has 3 heterocycles. The van der Waals surface area contributed by atoms with Crippen molar-refractivity contribution in [1.29, 1.82) is 0 Å². The second-order valence-electron chi connectivity index (χ2n) is 9.30. The Kier molecular flexibility index (Phi) is 6.75. The number of carbonyl (C=O) groups is 1. The highest BCUT2D eigenvalue weighted by molar-refractivity contribution is 9.10. The smallest absolute Gasteiger partial charge is 0.227 e. The predicted molar refractivity (Wildman–Crippen MR) is 136 cm³/mol. The summed E-state index contributed by atoms with van der Waals surface area (Å²) in [6, 6.07) is 9.96. The van der Waals surface area contributed by atoms with Gasteiger partial charge in [-0.15, -0.1) is 0 Å². The number of piperazine rings is 1. The number of aromatic nitrogens is 2. The van der Waals surface area contributed by atoms with Crippen LogP contribution in [0.3, 0.4) is 0 Å². The van der Waals surface area contributed by atoms with Gasteiger partial charge in [-0.1, -0.05) is 6.07 Å². The average Bonchev–Trinajstić information content (AvgIpc) is 3.01. The molecule has 5 rings (SSSR count). The van der Waals surface area contributed by atoms with Crippen molar-refractivity contribution in [3.05, 3.63) is 92.1 Å². The number of halogens is 1. The molecule has 0 bridgehead atoms. The van der Waals surface area contributed by atoms with Crippen molar-refractivity contribution in [2.45, 2.75) is 32.2 Å². The lowest BCUT2D eigenvalue weighted by Gasteiger charge is -2.40. The van der Waals surface area contributed by atoms with Gasteiger partial charge in [-0.05, 0) is 70.1 Å². The van der Waals surface area contributed by atoms with E-state index in [-0.39, 0.29) is 11.9 Å². The largest absolute Gasteiger partial charge is 0.619 e. The van der Waals surface area contributed by atoms with E-state index in [4.69, 9.17) is 9.72 Å². The summed E-state index contributed by atoms with van der Waals surface area (Å²) < 4.78 is 7.61. The van der Waals surface area contributed by atoms with Gasteiger partial charge in [0.1, 0.15) is 5.75 Å². The van der Waals surface area contributed by atoms with Crippen molar-refractivity contribution in [2.75, 3.05) is 33.3 Å². The summed E-state index contributed by atoms with van der Waals surface area (Å²) in [7, 11) is 1.74. The van der Waals surface area contributed by atoms with E-state index in [1.165, 1.54) is 34.6 Å². The minimum Gasteiger partial charge on any atom is -0.619 e. The van der Waals surface area contributed by atoms with Gasteiger partial charge in [-0.2, -0.15) is 4.73 Å². The van der Waals surface area contributed by atoms with Crippen LogP contribution in [0.15, 0.2) is 53.4 Å². The van der Waals surface area contributed by atoms with E-state index < -0.39 is 0 Å². The maximum absolute atomic E-state index is 12.9. The van der Waals surface area contributed by atoms with Crippen LogP contribution in [0.5, 0.6) is 5.75 Å². The second-order valence-corrected chi connectivity index (χ2v) is 10.2. The van der Waals surface area contributed by atoms with E-state index in [1.54, 1.807) is 19.2 Å². The van der Waals surface area contributed by atoms with Crippen LogP contribution in [0.2, 0.25) is 0 Å². The van der Waals surface area contributed by atoms with Crippen LogP contribution in [0.4, 0.5) is 0 Å². The minimum absolute atomic E-state index is 0.0231. The van der Waals surface area contributed by atoms with E-state index in [0.717, 1.165) is 52.1 Å². The minimum atomic E-state index is -0.0231. The quantitative estimate of drug-likeness (QED) is 0.377. The van der Waals surface area contributed by atoms with E-state index in [9.17, 15) is 10.0 Å². The molecule has 0 N–H and O–H groups in total. The molecule has 182 valence electrons. The van der Waals surface area contributed by atoms with Crippen molar-refractivity contribution < 1.29 is 14.3 Å². The Morgan fingerprint density at radius 2 is 1.86 bits per heavy atom. The normalized spacial score (nSPS) is 17.9. The fraction of sp³-hybridized carbons (Fsp3) is 0.370. The van der Waals surface area contributed by atoms with E-state index in [2.05, 4.69) is 46.0 Å². The van der Waals surface area contributed by atoms with Crippen molar-refractivity contribution >= 4 is 21.8 Å². The molecule has 3 aromatic rings. The van der Waals surface area contributed by atoms with E-state index in [1.807, 2.05) is 11.1 Å². The molecule has 8 heteroatoms. The summed E-state index contributed by atoms with van der Waals surface area (Å²) >= 11 is 3.60. The van der Waals surface area contributed by atoms with Gasteiger partial charge in [0, 0.05) is 54.5 Å². The first kappa shape index (κ1) is 23.8. The van der Waals surface area contributed by atoms with E-state index >= 15 is 0 Å². The van der Waals surface area contributed by atoms with Gasteiger partial charge in [0.25, 0.3) is 0 Å². The number of carbonyl (C=O) groups excluding carboxylic acids is 1. The average molecular weight is 537 g/mol. The molecule has 1 saturated heterocycles. The topological polar surface area (TPSA) is 72.6 Å². The van der Waals surface area contributed by atoms with Crippen molar-refractivity contribution in [1.82, 2.24) is 14.8 Å². The van der Waals surface area contributed by atoms with Gasteiger partial charge >= 0.3 is 0 Å². The first-order valence-electron chi connectivity index (χ1n) is 11.9. The second kappa shape index (κ2) is 9.95. The fourth-order valence-electron chi connectivity index (χ4n) is 5.30. The summed E-state index contributed by atoms with van der Waals surface area (Å²) in [5, 5.41) is 11.3. The molecular formula is C27H29BrN4O3. The third-order valence-electron chi connectivity index (χ3n) is 7.01. The Hall–Kier alpha value is -2.97. The number of pyridine rings is 2. The molecule has 0 radical (unpaired) electrons. The predicted octanol–water partition coefficient (Wildman–Crippen LogP) is 3.37. The zero-order valence-electron chi connectivity index (χ0n) is 20.0. The van der Waals surface area contributed by atoms with Crippen molar-refractivity contribution in [3.63, 3.8) is 0 Å². The number of hydrogen-bond acceptors (Lipinski definition) is 5. The van der Waals surface area contributed by atoms with Crippen molar-refractivity contribution in [3.8, 4) is 5.75 Å². The van der Waals surface area contributed by atoms with Gasteiger partial charge in [0.15, 0.2) is 12.4 Å². The summed E-state index contributed by atoms with van der Waals surface area (Å²) in [6.45, 7) is 4.91. The third-order valence-corrected chi connectivity index (χ3v) is 7.45. The Morgan fingerprint density at radius 3 is 2.57 bits per heavy atom. The Labute approximate surface area is 214 Å². The van der Waals surface area contributed by atoms with Crippen LogP contribution >= 0.6 is 15.9 Å². The summed E-state index contributed by atoms with van der Waals surface area (Å²) in [5.41, 5.74) is 6.87. The fourth-order valence-corrected chi connectivity index (χ4v) is 5.68. The number of methoxy groups -OCH3 is 1.